The first-order valence-electron chi connectivity index (χ1n) is 10.9. The number of carbonyl (C=O) groups is 2. The molecule has 0 saturated carbocycles. The van der Waals surface area contributed by atoms with Gasteiger partial charge in [-0.05, 0) is 66.6 Å². The molecule has 0 heterocycles. The number of carboxylic acid groups (broad SMARTS) is 1. The van der Waals surface area contributed by atoms with Crippen LogP contribution in [0.5, 0.6) is 5.75 Å². The van der Waals surface area contributed by atoms with Crippen molar-refractivity contribution < 1.29 is 27.9 Å². The number of carbonyl (C=O) groups excluding carboxylic acids is 1. The lowest BCUT2D eigenvalue weighted by molar-refractivity contribution is -0.139. The summed E-state index contributed by atoms with van der Waals surface area (Å²) in [6.45, 7) is 1.06. The van der Waals surface area contributed by atoms with Gasteiger partial charge in [-0.15, -0.1) is 0 Å². The van der Waals surface area contributed by atoms with Gasteiger partial charge in [0.15, 0.2) is 12.4 Å². The number of ether oxygens (including phenoxy) is 1. The van der Waals surface area contributed by atoms with Crippen LogP contribution >= 0.6 is 0 Å². The van der Waals surface area contributed by atoms with Gasteiger partial charge < -0.3 is 9.84 Å². The zero-order valence-electron chi connectivity index (χ0n) is 18.7. The van der Waals surface area contributed by atoms with E-state index in [1.165, 1.54) is 6.92 Å². The van der Waals surface area contributed by atoms with Crippen LogP contribution in [0.4, 0.5) is 0 Å². The molecular formula is C26H25NO6S. The third-order valence-electron chi connectivity index (χ3n) is 5.90. The van der Waals surface area contributed by atoms with Crippen LogP contribution in [0.25, 0.3) is 11.1 Å². The maximum atomic E-state index is 13.1. The normalized spacial score (nSPS) is 15.4. The van der Waals surface area contributed by atoms with Crippen molar-refractivity contribution in [3.8, 4) is 16.9 Å². The molecule has 7 nitrogen and oxygen atoms in total. The quantitative estimate of drug-likeness (QED) is 0.464. The fourth-order valence-electron chi connectivity index (χ4n) is 4.19. The SMILES string of the molecule is CC(=O)c1ccc(-c2ccc(S(=O)(=O)N[C@@H]3CCCc4c(OCC(=O)O)cccc43)cc2)cc1. The van der Waals surface area contributed by atoms with Crippen molar-refractivity contribution in [3.05, 3.63) is 83.4 Å². The fraction of sp³-hybridized carbons (Fsp3) is 0.231. The Morgan fingerprint density at radius 2 is 1.65 bits per heavy atom. The highest BCUT2D eigenvalue weighted by molar-refractivity contribution is 7.89. The first kappa shape index (κ1) is 23.7. The van der Waals surface area contributed by atoms with Gasteiger partial charge in [-0.3, -0.25) is 4.79 Å². The Kier molecular flexibility index (Phi) is 6.81. The number of ketones is 1. The summed E-state index contributed by atoms with van der Waals surface area (Å²) in [5.41, 5.74) is 4.00. The van der Waals surface area contributed by atoms with Gasteiger partial charge in [-0.1, -0.05) is 48.5 Å². The second-order valence-electron chi connectivity index (χ2n) is 8.23. The number of aliphatic carboxylic acids is 1. The van der Waals surface area contributed by atoms with E-state index >= 15 is 0 Å². The maximum Gasteiger partial charge on any atom is 0.341 e. The number of hydrogen-bond acceptors (Lipinski definition) is 5. The number of Topliss-reactive ketones (excluding diaryl/α,β-unsaturated/α-hetero) is 1. The van der Waals surface area contributed by atoms with E-state index in [1.807, 2.05) is 18.2 Å². The van der Waals surface area contributed by atoms with Crippen LogP contribution in [0.1, 0.15) is 47.3 Å². The van der Waals surface area contributed by atoms with Crippen molar-refractivity contribution in [3.63, 3.8) is 0 Å². The third kappa shape index (κ3) is 5.18. The Hall–Kier alpha value is -3.49. The molecule has 8 heteroatoms. The molecule has 176 valence electrons. The number of nitrogens with one attached hydrogen (secondary N) is 1. The lowest BCUT2D eigenvalue weighted by Gasteiger charge is -2.27. The van der Waals surface area contributed by atoms with Gasteiger partial charge in [-0.2, -0.15) is 0 Å². The molecule has 34 heavy (non-hydrogen) atoms. The predicted octanol–water partition coefficient (Wildman–Crippen LogP) is 4.38. The molecule has 3 aromatic carbocycles. The molecular weight excluding hydrogens is 454 g/mol. The van der Waals surface area contributed by atoms with E-state index in [-0.39, 0.29) is 10.7 Å². The van der Waals surface area contributed by atoms with Gasteiger partial charge in [-0.25, -0.2) is 17.9 Å². The molecule has 1 aliphatic rings. The molecule has 0 radical (unpaired) electrons. The molecule has 4 rings (SSSR count). The van der Waals surface area contributed by atoms with Gasteiger partial charge in [0.1, 0.15) is 5.75 Å². The second-order valence-corrected chi connectivity index (χ2v) is 9.94. The Morgan fingerprint density at radius 3 is 2.26 bits per heavy atom. The number of carboxylic acids is 1. The Balaban J connectivity index is 1.53. The minimum absolute atomic E-state index is 0.0103. The smallest absolute Gasteiger partial charge is 0.341 e. The molecule has 0 unspecified atom stereocenters. The van der Waals surface area contributed by atoms with E-state index in [2.05, 4.69) is 4.72 Å². The van der Waals surface area contributed by atoms with Crippen molar-refractivity contribution >= 4 is 21.8 Å². The predicted molar refractivity (Wildman–Crippen MR) is 127 cm³/mol. The summed E-state index contributed by atoms with van der Waals surface area (Å²) in [7, 11) is -3.79. The summed E-state index contributed by atoms with van der Waals surface area (Å²) in [5.74, 6) is -0.600. The summed E-state index contributed by atoms with van der Waals surface area (Å²) in [6.07, 6.45) is 2.08. The van der Waals surface area contributed by atoms with Gasteiger partial charge in [0, 0.05) is 11.6 Å². The van der Waals surface area contributed by atoms with Gasteiger partial charge >= 0.3 is 5.97 Å². The highest BCUT2D eigenvalue weighted by Gasteiger charge is 2.27. The Bertz CT molecular complexity index is 1310. The summed E-state index contributed by atoms with van der Waals surface area (Å²) in [6, 6.07) is 18.6. The van der Waals surface area contributed by atoms with E-state index in [4.69, 9.17) is 9.84 Å². The number of fused-ring (bicyclic) bond motifs is 1. The second kappa shape index (κ2) is 9.79. The van der Waals surface area contributed by atoms with E-state index in [1.54, 1.807) is 48.5 Å². The highest BCUT2D eigenvalue weighted by atomic mass is 32.2. The summed E-state index contributed by atoms with van der Waals surface area (Å²) in [4.78, 5) is 22.5. The van der Waals surface area contributed by atoms with Crippen LogP contribution in [-0.4, -0.2) is 31.9 Å². The van der Waals surface area contributed by atoms with Crippen molar-refractivity contribution in [2.45, 2.75) is 37.1 Å². The Morgan fingerprint density at radius 1 is 1.00 bits per heavy atom. The summed E-state index contributed by atoms with van der Waals surface area (Å²) >= 11 is 0. The van der Waals surface area contributed by atoms with Crippen LogP contribution in [0.15, 0.2) is 71.6 Å². The van der Waals surface area contributed by atoms with Crippen molar-refractivity contribution in [1.82, 2.24) is 4.72 Å². The standard InChI is InChI=1S/C26H25NO6S/c1-17(28)18-8-10-19(11-9-18)20-12-14-21(15-13-20)34(31,32)27-24-6-2-5-23-22(24)4-3-7-25(23)33-16-26(29)30/h3-4,7-15,24,27H,2,5-6,16H2,1H3,(H,29,30)/t24-/m1/s1. The molecule has 1 aliphatic carbocycles. The van der Waals surface area contributed by atoms with Gasteiger partial charge in [0.05, 0.1) is 4.90 Å². The average molecular weight is 480 g/mol. The molecule has 0 bridgehead atoms. The molecule has 0 spiro atoms. The molecule has 0 fully saturated rings. The van der Waals surface area contributed by atoms with E-state index < -0.39 is 28.6 Å². The first-order chi connectivity index (χ1) is 16.2. The number of rotatable bonds is 8. The molecule has 0 amide bonds. The van der Waals surface area contributed by atoms with E-state index in [0.29, 0.717) is 24.2 Å². The molecule has 0 aliphatic heterocycles. The van der Waals surface area contributed by atoms with Gasteiger partial charge in [0.25, 0.3) is 0 Å². The van der Waals surface area contributed by atoms with Crippen LogP contribution in [0.2, 0.25) is 0 Å². The molecule has 1 atom stereocenters. The zero-order valence-corrected chi connectivity index (χ0v) is 19.5. The third-order valence-corrected chi connectivity index (χ3v) is 7.39. The molecule has 3 aromatic rings. The van der Waals surface area contributed by atoms with Crippen LogP contribution in [0, 0.1) is 0 Å². The maximum absolute atomic E-state index is 13.1. The minimum Gasteiger partial charge on any atom is -0.482 e. The van der Waals surface area contributed by atoms with Crippen LogP contribution in [-0.2, 0) is 21.2 Å². The number of benzene rings is 3. The summed E-state index contributed by atoms with van der Waals surface area (Å²) in [5, 5.41) is 8.91. The van der Waals surface area contributed by atoms with Gasteiger partial charge in [0.2, 0.25) is 10.0 Å². The minimum atomic E-state index is -3.79. The number of sulfonamides is 1. The van der Waals surface area contributed by atoms with Crippen molar-refractivity contribution in [2.24, 2.45) is 0 Å². The van der Waals surface area contributed by atoms with Crippen LogP contribution in [0.3, 0.4) is 0 Å². The largest absolute Gasteiger partial charge is 0.482 e. The Labute approximate surface area is 198 Å². The first-order valence-corrected chi connectivity index (χ1v) is 12.4. The monoisotopic (exact) mass is 479 g/mol. The number of hydrogen-bond donors (Lipinski definition) is 2. The topological polar surface area (TPSA) is 110 Å². The fourth-order valence-corrected chi connectivity index (χ4v) is 5.44. The summed E-state index contributed by atoms with van der Waals surface area (Å²) < 4.78 is 34.5. The van der Waals surface area contributed by atoms with Crippen molar-refractivity contribution in [2.75, 3.05) is 6.61 Å². The molecule has 0 saturated heterocycles. The van der Waals surface area contributed by atoms with Crippen LogP contribution < -0.4 is 9.46 Å². The lowest BCUT2D eigenvalue weighted by Crippen LogP contribution is -2.31. The zero-order chi connectivity index (χ0) is 24.3. The molecule has 0 aromatic heterocycles. The molecule has 2 N–H and O–H groups in total. The highest BCUT2D eigenvalue weighted by Crippen LogP contribution is 2.36. The lowest BCUT2D eigenvalue weighted by atomic mass is 9.87. The van der Waals surface area contributed by atoms with E-state index in [0.717, 1.165) is 28.7 Å². The average Bonchev–Trinajstić information content (AvgIpc) is 2.83. The van der Waals surface area contributed by atoms with Crippen molar-refractivity contribution in [1.29, 1.82) is 0 Å². The van der Waals surface area contributed by atoms with E-state index in [9.17, 15) is 18.0 Å².